The van der Waals surface area contributed by atoms with Crippen molar-refractivity contribution in [2.75, 3.05) is 13.1 Å². The highest BCUT2D eigenvalue weighted by molar-refractivity contribution is 5.78. The van der Waals surface area contributed by atoms with Crippen molar-refractivity contribution in [1.29, 1.82) is 5.26 Å². The molecule has 1 fully saturated rings. The number of nitriles is 1. The third-order valence-corrected chi connectivity index (χ3v) is 2.99. The van der Waals surface area contributed by atoms with Gasteiger partial charge < -0.3 is 4.90 Å². The van der Waals surface area contributed by atoms with Crippen molar-refractivity contribution >= 4 is 5.91 Å². The molecular weight excluding hydrogens is 164 g/mol. The Balaban J connectivity index is 2.50. The first kappa shape index (κ1) is 10.0. The summed E-state index contributed by atoms with van der Waals surface area (Å²) in [5, 5.41) is 8.39. The van der Waals surface area contributed by atoms with Crippen molar-refractivity contribution in [2.24, 2.45) is 5.41 Å². The number of hydrogen-bond acceptors (Lipinski definition) is 2. The predicted octanol–water partition coefficient (Wildman–Crippen LogP) is 1.55. The molecule has 1 atom stereocenters. The summed E-state index contributed by atoms with van der Waals surface area (Å²) in [5.74, 6) is -0.0142. The zero-order chi connectivity index (χ0) is 9.90. The van der Waals surface area contributed by atoms with Crippen LogP contribution in [0, 0.1) is 16.7 Å². The van der Waals surface area contributed by atoms with Gasteiger partial charge in [-0.15, -0.1) is 0 Å². The van der Waals surface area contributed by atoms with Gasteiger partial charge in [-0.3, -0.25) is 4.79 Å². The van der Waals surface area contributed by atoms with Crippen molar-refractivity contribution < 1.29 is 4.79 Å². The topological polar surface area (TPSA) is 44.1 Å². The fourth-order valence-corrected chi connectivity index (χ4v) is 1.70. The Bertz CT molecular complexity index is 244. The Morgan fingerprint density at radius 1 is 1.69 bits per heavy atom. The van der Waals surface area contributed by atoms with Gasteiger partial charge in [0.1, 0.15) is 6.42 Å². The molecule has 72 valence electrons. The second kappa shape index (κ2) is 3.78. The lowest BCUT2D eigenvalue weighted by Crippen LogP contribution is -2.30. The normalized spacial score (nSPS) is 27.3. The second-order valence-corrected chi connectivity index (χ2v) is 4.06. The molecule has 3 nitrogen and oxygen atoms in total. The summed E-state index contributed by atoms with van der Waals surface area (Å²) in [6, 6.07) is 1.90. The molecule has 0 spiro atoms. The molecule has 1 unspecified atom stereocenters. The third-order valence-electron chi connectivity index (χ3n) is 2.99. The van der Waals surface area contributed by atoms with Gasteiger partial charge in [0, 0.05) is 13.1 Å². The number of hydrogen-bond donors (Lipinski definition) is 0. The van der Waals surface area contributed by atoms with E-state index in [4.69, 9.17) is 5.26 Å². The lowest BCUT2D eigenvalue weighted by Gasteiger charge is -2.22. The highest BCUT2D eigenvalue weighted by Crippen LogP contribution is 2.32. The van der Waals surface area contributed by atoms with Gasteiger partial charge >= 0.3 is 0 Å². The van der Waals surface area contributed by atoms with Gasteiger partial charge in [0.25, 0.3) is 0 Å². The molecule has 1 heterocycles. The van der Waals surface area contributed by atoms with E-state index in [1.54, 1.807) is 0 Å². The molecule has 0 bridgehead atoms. The molecule has 0 aromatic rings. The van der Waals surface area contributed by atoms with Gasteiger partial charge in [-0.2, -0.15) is 5.26 Å². The van der Waals surface area contributed by atoms with Crippen molar-refractivity contribution in [2.45, 2.75) is 33.1 Å². The van der Waals surface area contributed by atoms with Crippen LogP contribution in [0.2, 0.25) is 0 Å². The maximum absolute atomic E-state index is 11.4. The van der Waals surface area contributed by atoms with E-state index in [-0.39, 0.29) is 17.7 Å². The number of likely N-dealkylation sites (tertiary alicyclic amines) is 1. The van der Waals surface area contributed by atoms with Crippen molar-refractivity contribution in [1.82, 2.24) is 4.90 Å². The molecule has 1 aliphatic heterocycles. The number of carbonyl (C=O) groups excluding carboxylic acids is 1. The summed E-state index contributed by atoms with van der Waals surface area (Å²) in [7, 11) is 0. The molecule has 1 aliphatic rings. The number of rotatable bonds is 2. The van der Waals surface area contributed by atoms with Crippen molar-refractivity contribution in [3.8, 4) is 6.07 Å². The standard InChI is InChI=1S/C10H16N2O/c1-3-10(2)5-7-12(8-10)9(13)4-6-11/h3-5,7-8H2,1-2H3. The van der Waals surface area contributed by atoms with E-state index < -0.39 is 0 Å². The van der Waals surface area contributed by atoms with E-state index >= 15 is 0 Å². The average Bonchev–Trinajstić information content (AvgIpc) is 2.50. The fourth-order valence-electron chi connectivity index (χ4n) is 1.70. The Hall–Kier alpha value is -1.04. The molecule has 0 saturated carbocycles. The third kappa shape index (κ3) is 2.21. The monoisotopic (exact) mass is 180 g/mol. The summed E-state index contributed by atoms with van der Waals surface area (Å²) in [5.41, 5.74) is 0.283. The molecule has 13 heavy (non-hydrogen) atoms. The lowest BCUT2D eigenvalue weighted by atomic mass is 9.87. The van der Waals surface area contributed by atoms with E-state index in [0.717, 1.165) is 25.9 Å². The Kier molecular flexibility index (Phi) is 2.92. The van der Waals surface area contributed by atoms with Gasteiger partial charge in [-0.25, -0.2) is 0 Å². The molecule has 1 rings (SSSR count). The molecule has 3 heteroatoms. The quantitative estimate of drug-likeness (QED) is 0.647. The van der Waals surface area contributed by atoms with Crippen molar-refractivity contribution in [3.63, 3.8) is 0 Å². The molecule has 1 saturated heterocycles. The summed E-state index contributed by atoms with van der Waals surface area (Å²) in [4.78, 5) is 13.2. The number of amides is 1. The van der Waals surface area contributed by atoms with Gasteiger partial charge in [0.05, 0.1) is 6.07 Å². The van der Waals surface area contributed by atoms with Crippen LogP contribution in [0.15, 0.2) is 0 Å². The Morgan fingerprint density at radius 3 is 2.85 bits per heavy atom. The fraction of sp³-hybridized carbons (Fsp3) is 0.800. The van der Waals surface area contributed by atoms with E-state index in [0.29, 0.717) is 0 Å². The maximum Gasteiger partial charge on any atom is 0.236 e. The van der Waals surface area contributed by atoms with E-state index in [1.165, 1.54) is 0 Å². The minimum Gasteiger partial charge on any atom is -0.341 e. The van der Waals surface area contributed by atoms with Crippen LogP contribution in [0.3, 0.4) is 0 Å². The van der Waals surface area contributed by atoms with Crippen LogP contribution in [0.25, 0.3) is 0 Å². The molecule has 0 N–H and O–H groups in total. The predicted molar refractivity (Wildman–Crippen MR) is 49.8 cm³/mol. The highest BCUT2D eigenvalue weighted by Gasteiger charge is 2.33. The molecule has 0 aliphatic carbocycles. The summed E-state index contributed by atoms with van der Waals surface area (Å²) in [6.07, 6.45) is 2.20. The molecular formula is C10H16N2O. The SMILES string of the molecule is CCC1(C)CCN(C(=O)CC#N)C1. The van der Waals surface area contributed by atoms with Crippen molar-refractivity contribution in [3.05, 3.63) is 0 Å². The summed E-state index contributed by atoms with van der Waals surface area (Å²) >= 11 is 0. The van der Waals surface area contributed by atoms with Gasteiger partial charge in [-0.1, -0.05) is 13.8 Å². The lowest BCUT2D eigenvalue weighted by molar-refractivity contribution is -0.129. The average molecular weight is 180 g/mol. The molecule has 1 amide bonds. The summed E-state index contributed by atoms with van der Waals surface area (Å²) in [6.45, 7) is 6.00. The second-order valence-electron chi connectivity index (χ2n) is 4.06. The smallest absolute Gasteiger partial charge is 0.236 e. The molecule has 0 aromatic carbocycles. The summed E-state index contributed by atoms with van der Waals surface area (Å²) < 4.78 is 0. The molecule has 0 radical (unpaired) electrons. The minimum absolute atomic E-state index is 0.0142. The van der Waals surface area contributed by atoms with Crippen LogP contribution in [0.1, 0.15) is 33.1 Å². The minimum atomic E-state index is -0.0142. The van der Waals surface area contributed by atoms with E-state index in [1.807, 2.05) is 11.0 Å². The first-order valence-electron chi connectivity index (χ1n) is 4.76. The first-order chi connectivity index (χ1) is 6.11. The van der Waals surface area contributed by atoms with E-state index in [9.17, 15) is 4.79 Å². The Morgan fingerprint density at radius 2 is 2.38 bits per heavy atom. The number of carbonyl (C=O) groups is 1. The van der Waals surface area contributed by atoms with Crippen LogP contribution in [0.5, 0.6) is 0 Å². The first-order valence-corrected chi connectivity index (χ1v) is 4.76. The van der Waals surface area contributed by atoms with Crippen LogP contribution in [0.4, 0.5) is 0 Å². The van der Waals surface area contributed by atoms with E-state index in [2.05, 4.69) is 13.8 Å². The Labute approximate surface area is 79.3 Å². The van der Waals surface area contributed by atoms with Crippen LogP contribution in [-0.4, -0.2) is 23.9 Å². The van der Waals surface area contributed by atoms with Crippen LogP contribution in [-0.2, 0) is 4.79 Å². The van der Waals surface area contributed by atoms with Gasteiger partial charge in [0.15, 0.2) is 0 Å². The van der Waals surface area contributed by atoms with Gasteiger partial charge in [-0.05, 0) is 18.3 Å². The van der Waals surface area contributed by atoms with Crippen LogP contribution >= 0.6 is 0 Å². The van der Waals surface area contributed by atoms with Crippen LogP contribution < -0.4 is 0 Å². The largest absolute Gasteiger partial charge is 0.341 e. The molecule has 0 aromatic heterocycles. The number of nitrogens with zero attached hydrogens (tertiary/aromatic N) is 2. The van der Waals surface area contributed by atoms with Gasteiger partial charge in [0.2, 0.25) is 5.91 Å². The zero-order valence-electron chi connectivity index (χ0n) is 8.34. The zero-order valence-corrected chi connectivity index (χ0v) is 8.34. The maximum atomic E-state index is 11.4. The highest BCUT2D eigenvalue weighted by atomic mass is 16.2.